The van der Waals surface area contributed by atoms with Crippen LogP contribution in [-0.4, -0.2) is 39.8 Å². The molecular weight excluding hydrogens is 294 g/mol. The van der Waals surface area contributed by atoms with Gasteiger partial charge in [0.25, 0.3) is 5.56 Å². The van der Waals surface area contributed by atoms with E-state index < -0.39 is 0 Å². The lowest BCUT2D eigenvalue weighted by molar-refractivity contribution is -0.121. The molecule has 1 fully saturated rings. The molecule has 0 aliphatic carbocycles. The molecule has 0 radical (unpaired) electrons. The molecule has 1 atom stereocenters. The van der Waals surface area contributed by atoms with Crippen molar-refractivity contribution >= 4 is 11.7 Å². The number of amides is 1. The van der Waals surface area contributed by atoms with Crippen LogP contribution in [0.4, 0.5) is 5.82 Å². The maximum absolute atomic E-state index is 12.1. The number of carbonyl (C=O) groups is 1. The van der Waals surface area contributed by atoms with Gasteiger partial charge in [-0.2, -0.15) is 5.10 Å². The number of aromatic nitrogens is 3. The van der Waals surface area contributed by atoms with Crippen LogP contribution in [0.3, 0.4) is 0 Å². The zero-order chi connectivity index (χ0) is 16.2. The average molecular weight is 313 g/mol. The third-order valence-electron chi connectivity index (χ3n) is 3.94. The van der Waals surface area contributed by atoms with Crippen molar-refractivity contribution in [2.75, 3.05) is 18.0 Å². The Labute approximate surface area is 134 Å². The molecule has 3 heterocycles. The zero-order valence-corrected chi connectivity index (χ0v) is 13.0. The van der Waals surface area contributed by atoms with Crippen LogP contribution in [0.15, 0.2) is 41.5 Å². The first-order valence-corrected chi connectivity index (χ1v) is 7.59. The van der Waals surface area contributed by atoms with Gasteiger partial charge in [-0.05, 0) is 30.2 Å². The molecule has 1 unspecified atom stereocenters. The molecular formula is C16H19N5O2. The average Bonchev–Trinajstić information content (AvgIpc) is 2.99. The van der Waals surface area contributed by atoms with Crippen molar-refractivity contribution in [3.8, 4) is 0 Å². The summed E-state index contributed by atoms with van der Waals surface area (Å²) in [5.41, 5.74) is 0.822. The lowest BCUT2D eigenvalue weighted by Gasteiger charge is -2.18. The number of aryl methyl sites for hydroxylation is 1. The molecule has 7 nitrogen and oxygen atoms in total. The van der Waals surface area contributed by atoms with E-state index in [0.29, 0.717) is 13.0 Å². The summed E-state index contributed by atoms with van der Waals surface area (Å²) in [5, 5.41) is 7.30. The summed E-state index contributed by atoms with van der Waals surface area (Å²) in [6.45, 7) is 1.51. The van der Waals surface area contributed by atoms with Gasteiger partial charge in [-0.3, -0.25) is 14.6 Å². The van der Waals surface area contributed by atoms with Crippen LogP contribution < -0.4 is 15.8 Å². The molecule has 120 valence electrons. The Kier molecular flexibility index (Phi) is 4.36. The van der Waals surface area contributed by atoms with Crippen LogP contribution >= 0.6 is 0 Å². The Hall–Kier alpha value is -2.70. The van der Waals surface area contributed by atoms with Gasteiger partial charge >= 0.3 is 0 Å². The normalized spacial score (nSPS) is 17.3. The predicted molar refractivity (Wildman–Crippen MR) is 86.2 cm³/mol. The van der Waals surface area contributed by atoms with Crippen LogP contribution in [0.5, 0.6) is 0 Å². The summed E-state index contributed by atoms with van der Waals surface area (Å²) in [7, 11) is 1.63. The van der Waals surface area contributed by atoms with E-state index >= 15 is 0 Å². The highest BCUT2D eigenvalue weighted by Gasteiger charge is 2.25. The lowest BCUT2D eigenvalue weighted by Crippen LogP contribution is -2.38. The third kappa shape index (κ3) is 3.74. The largest absolute Gasteiger partial charge is 0.353 e. The van der Waals surface area contributed by atoms with Crippen LogP contribution in [0.25, 0.3) is 0 Å². The predicted octanol–water partition coefficient (Wildman–Crippen LogP) is 0.113. The van der Waals surface area contributed by atoms with Gasteiger partial charge in [-0.15, -0.1) is 0 Å². The second kappa shape index (κ2) is 6.60. The van der Waals surface area contributed by atoms with Gasteiger partial charge in [0.15, 0.2) is 0 Å². The van der Waals surface area contributed by atoms with Crippen molar-refractivity contribution in [1.29, 1.82) is 0 Å². The van der Waals surface area contributed by atoms with Gasteiger partial charge in [0.1, 0.15) is 5.82 Å². The molecule has 7 heteroatoms. The van der Waals surface area contributed by atoms with Gasteiger partial charge in [-0.1, -0.05) is 0 Å². The molecule has 0 bridgehead atoms. The summed E-state index contributed by atoms with van der Waals surface area (Å²) in [6.07, 6.45) is 4.60. The summed E-state index contributed by atoms with van der Waals surface area (Å²) < 4.78 is 1.32. The number of rotatable bonds is 4. The Bertz CT molecular complexity index is 744. The second-order valence-electron chi connectivity index (χ2n) is 5.68. The van der Waals surface area contributed by atoms with Crippen molar-refractivity contribution in [2.24, 2.45) is 7.05 Å². The number of hydrogen-bond donors (Lipinski definition) is 1. The Morgan fingerprint density at radius 3 is 2.83 bits per heavy atom. The van der Waals surface area contributed by atoms with Gasteiger partial charge in [0.05, 0.1) is 6.42 Å². The molecule has 23 heavy (non-hydrogen) atoms. The lowest BCUT2D eigenvalue weighted by atomic mass is 10.2. The SMILES string of the molecule is Cn1nc(N2CCC(NC(=O)Cc3ccncc3)C2)ccc1=O. The van der Waals surface area contributed by atoms with E-state index in [2.05, 4.69) is 20.3 Å². The van der Waals surface area contributed by atoms with Gasteiger partial charge in [-0.25, -0.2) is 4.68 Å². The fourth-order valence-electron chi connectivity index (χ4n) is 2.71. The first-order chi connectivity index (χ1) is 11.1. The van der Waals surface area contributed by atoms with Crippen molar-refractivity contribution in [2.45, 2.75) is 18.9 Å². The van der Waals surface area contributed by atoms with Crippen molar-refractivity contribution < 1.29 is 4.79 Å². The second-order valence-corrected chi connectivity index (χ2v) is 5.68. The summed E-state index contributed by atoms with van der Waals surface area (Å²) >= 11 is 0. The van der Waals surface area contributed by atoms with E-state index in [-0.39, 0.29) is 17.5 Å². The summed E-state index contributed by atoms with van der Waals surface area (Å²) in [4.78, 5) is 29.5. The first kappa shape index (κ1) is 15.2. The molecule has 0 saturated carbocycles. The van der Waals surface area contributed by atoms with E-state index in [1.54, 1.807) is 25.5 Å². The highest BCUT2D eigenvalue weighted by Crippen LogP contribution is 2.16. The Morgan fingerprint density at radius 1 is 1.30 bits per heavy atom. The van der Waals surface area contributed by atoms with E-state index in [1.165, 1.54) is 10.7 Å². The quantitative estimate of drug-likeness (QED) is 0.867. The van der Waals surface area contributed by atoms with Crippen molar-refractivity contribution in [1.82, 2.24) is 20.1 Å². The minimum atomic E-state index is -0.129. The van der Waals surface area contributed by atoms with Crippen LogP contribution in [0, 0.1) is 0 Å². The third-order valence-corrected chi connectivity index (χ3v) is 3.94. The monoisotopic (exact) mass is 313 g/mol. The first-order valence-electron chi connectivity index (χ1n) is 7.59. The van der Waals surface area contributed by atoms with E-state index in [1.807, 2.05) is 12.1 Å². The van der Waals surface area contributed by atoms with Crippen LogP contribution in [0.1, 0.15) is 12.0 Å². The fraction of sp³-hybridized carbons (Fsp3) is 0.375. The number of nitrogens with one attached hydrogen (secondary N) is 1. The highest BCUT2D eigenvalue weighted by atomic mass is 16.1. The maximum atomic E-state index is 12.1. The molecule has 1 N–H and O–H groups in total. The van der Waals surface area contributed by atoms with E-state index in [4.69, 9.17) is 0 Å². The number of anilines is 1. The van der Waals surface area contributed by atoms with Crippen molar-refractivity contribution in [3.63, 3.8) is 0 Å². The molecule has 3 rings (SSSR count). The molecule has 1 aliphatic rings. The van der Waals surface area contributed by atoms with Crippen LogP contribution in [-0.2, 0) is 18.3 Å². The summed E-state index contributed by atoms with van der Waals surface area (Å²) in [5.74, 6) is 0.773. The summed E-state index contributed by atoms with van der Waals surface area (Å²) in [6, 6.07) is 7.02. The van der Waals surface area contributed by atoms with Gasteiger partial charge < -0.3 is 10.2 Å². The Morgan fingerprint density at radius 2 is 2.09 bits per heavy atom. The number of hydrogen-bond acceptors (Lipinski definition) is 5. The minimum absolute atomic E-state index is 0.0106. The van der Waals surface area contributed by atoms with Crippen LogP contribution in [0.2, 0.25) is 0 Å². The number of nitrogens with zero attached hydrogens (tertiary/aromatic N) is 4. The highest BCUT2D eigenvalue weighted by molar-refractivity contribution is 5.79. The minimum Gasteiger partial charge on any atom is -0.353 e. The molecule has 0 aromatic carbocycles. The number of pyridine rings is 1. The topological polar surface area (TPSA) is 80.1 Å². The van der Waals surface area contributed by atoms with Gasteiger partial charge in [0, 0.05) is 44.6 Å². The fourth-order valence-corrected chi connectivity index (χ4v) is 2.71. The standard InChI is InChI=1S/C16H19N5O2/c1-20-16(23)3-2-14(19-20)21-9-6-13(11-21)18-15(22)10-12-4-7-17-8-5-12/h2-5,7-8,13H,6,9-11H2,1H3,(H,18,22). The molecule has 1 amide bonds. The zero-order valence-electron chi connectivity index (χ0n) is 13.0. The molecule has 1 saturated heterocycles. The van der Waals surface area contributed by atoms with E-state index in [0.717, 1.165) is 24.3 Å². The molecule has 0 spiro atoms. The number of carbonyl (C=O) groups excluding carboxylic acids is 1. The van der Waals surface area contributed by atoms with Gasteiger partial charge in [0.2, 0.25) is 5.91 Å². The maximum Gasteiger partial charge on any atom is 0.266 e. The molecule has 2 aromatic rings. The Balaban J connectivity index is 1.56. The van der Waals surface area contributed by atoms with E-state index in [9.17, 15) is 9.59 Å². The molecule has 2 aromatic heterocycles. The van der Waals surface area contributed by atoms with Crippen molar-refractivity contribution in [3.05, 3.63) is 52.6 Å². The molecule has 1 aliphatic heterocycles. The smallest absolute Gasteiger partial charge is 0.266 e.